The third kappa shape index (κ3) is 3.02. The van der Waals surface area contributed by atoms with E-state index >= 15 is 0 Å². The molecule has 0 saturated heterocycles. The van der Waals surface area contributed by atoms with E-state index in [0.717, 1.165) is 11.1 Å². The predicted molar refractivity (Wildman–Crippen MR) is 119 cm³/mol. The van der Waals surface area contributed by atoms with Gasteiger partial charge in [-0.2, -0.15) is 0 Å². The summed E-state index contributed by atoms with van der Waals surface area (Å²) < 4.78 is 5.98. The first kappa shape index (κ1) is 19.7. The molecule has 1 aliphatic heterocycles. The number of benzene rings is 2. The third-order valence-electron chi connectivity index (χ3n) is 5.51. The number of aryl methyl sites for hydroxylation is 2. The first-order valence-corrected chi connectivity index (χ1v) is 10.3. The number of hydrogen-bond acceptors (Lipinski definition) is 5. The fourth-order valence-corrected chi connectivity index (χ4v) is 4.15. The van der Waals surface area contributed by atoms with E-state index in [1.54, 1.807) is 36.4 Å². The second-order valence-corrected chi connectivity index (χ2v) is 8.22. The van der Waals surface area contributed by atoms with E-state index in [0.29, 0.717) is 26.6 Å². The summed E-state index contributed by atoms with van der Waals surface area (Å²) in [4.78, 5) is 36.8. The lowest BCUT2D eigenvalue weighted by Gasteiger charge is -2.23. The summed E-state index contributed by atoms with van der Waals surface area (Å²) in [5, 5.41) is 1.09. The standard InChI is InChI=1S/C23H15Cl2N3O3/c1-11-8-14-17(9-12(11)2)31-21-18(20(14)29)19(13-4-5-15(24)16(25)10-13)28(22(21)30)23-26-6-3-7-27-23/h3-10,19H,1-2H3. The molecule has 2 aromatic heterocycles. The van der Waals surface area contributed by atoms with Gasteiger partial charge in [0.1, 0.15) is 5.58 Å². The molecule has 1 unspecified atom stereocenters. The van der Waals surface area contributed by atoms with Crippen LogP contribution in [0.2, 0.25) is 10.0 Å². The maximum atomic E-state index is 13.6. The van der Waals surface area contributed by atoms with E-state index in [-0.39, 0.29) is 22.7 Å². The fourth-order valence-electron chi connectivity index (χ4n) is 3.85. The number of nitrogens with zero attached hydrogens (tertiary/aromatic N) is 3. The average Bonchev–Trinajstić information content (AvgIpc) is 3.05. The second-order valence-electron chi connectivity index (χ2n) is 7.41. The average molecular weight is 452 g/mol. The van der Waals surface area contributed by atoms with Gasteiger partial charge >= 0.3 is 0 Å². The number of aromatic nitrogens is 2. The van der Waals surface area contributed by atoms with Gasteiger partial charge in [-0.05, 0) is 60.9 Å². The molecule has 4 aromatic rings. The molecule has 3 heterocycles. The Morgan fingerprint density at radius 2 is 1.68 bits per heavy atom. The smallest absolute Gasteiger partial charge is 0.297 e. The van der Waals surface area contributed by atoms with Gasteiger partial charge in [0.05, 0.1) is 27.0 Å². The van der Waals surface area contributed by atoms with Gasteiger partial charge in [0.15, 0.2) is 5.43 Å². The van der Waals surface area contributed by atoms with Crippen molar-refractivity contribution >= 4 is 46.0 Å². The minimum absolute atomic E-state index is 0.0238. The Labute approximate surface area is 187 Å². The number of hydrogen-bond donors (Lipinski definition) is 0. The van der Waals surface area contributed by atoms with Crippen molar-refractivity contribution in [3.63, 3.8) is 0 Å². The monoisotopic (exact) mass is 451 g/mol. The quantitative estimate of drug-likeness (QED) is 0.415. The lowest BCUT2D eigenvalue weighted by Crippen LogP contribution is -2.31. The molecule has 8 heteroatoms. The van der Waals surface area contributed by atoms with Crippen LogP contribution in [0.1, 0.15) is 38.9 Å². The topological polar surface area (TPSA) is 76.3 Å². The highest BCUT2D eigenvalue weighted by atomic mass is 35.5. The van der Waals surface area contributed by atoms with Gasteiger partial charge in [0.25, 0.3) is 5.91 Å². The van der Waals surface area contributed by atoms with E-state index in [1.165, 1.54) is 17.3 Å². The zero-order valence-electron chi connectivity index (χ0n) is 16.5. The van der Waals surface area contributed by atoms with Crippen LogP contribution in [0.4, 0.5) is 5.95 Å². The van der Waals surface area contributed by atoms with E-state index in [4.69, 9.17) is 27.6 Å². The van der Waals surface area contributed by atoms with Crippen LogP contribution in [0.5, 0.6) is 0 Å². The van der Waals surface area contributed by atoms with Crippen molar-refractivity contribution in [2.24, 2.45) is 0 Å². The van der Waals surface area contributed by atoms with Crippen LogP contribution in [0.25, 0.3) is 11.0 Å². The molecule has 0 fully saturated rings. The molecule has 0 N–H and O–H groups in total. The summed E-state index contributed by atoms with van der Waals surface area (Å²) in [6, 6.07) is 9.39. The zero-order valence-corrected chi connectivity index (χ0v) is 18.0. The van der Waals surface area contributed by atoms with Gasteiger partial charge in [0, 0.05) is 12.4 Å². The van der Waals surface area contributed by atoms with Crippen molar-refractivity contribution in [3.8, 4) is 0 Å². The van der Waals surface area contributed by atoms with Crippen molar-refractivity contribution in [1.29, 1.82) is 0 Å². The summed E-state index contributed by atoms with van der Waals surface area (Å²) in [7, 11) is 0. The number of carbonyl (C=O) groups is 1. The molecule has 1 atom stereocenters. The Hall–Kier alpha value is -3.22. The number of rotatable bonds is 2. The first-order chi connectivity index (χ1) is 14.9. The highest BCUT2D eigenvalue weighted by Gasteiger charge is 2.45. The number of amides is 1. The molecular weight excluding hydrogens is 437 g/mol. The van der Waals surface area contributed by atoms with Crippen molar-refractivity contribution in [3.05, 3.63) is 97.1 Å². The maximum Gasteiger partial charge on any atom is 0.297 e. The molecule has 31 heavy (non-hydrogen) atoms. The molecule has 0 spiro atoms. The van der Waals surface area contributed by atoms with Crippen LogP contribution < -0.4 is 10.3 Å². The van der Waals surface area contributed by atoms with Crippen LogP contribution in [0, 0.1) is 13.8 Å². The number of halogens is 2. The molecule has 0 aliphatic carbocycles. The van der Waals surface area contributed by atoms with Gasteiger partial charge in [-0.3, -0.25) is 14.5 Å². The summed E-state index contributed by atoms with van der Waals surface area (Å²) in [5.74, 6) is -0.357. The van der Waals surface area contributed by atoms with Crippen LogP contribution in [0.15, 0.2) is 58.0 Å². The zero-order chi connectivity index (χ0) is 21.9. The lowest BCUT2D eigenvalue weighted by molar-refractivity contribution is 0.0969. The summed E-state index contributed by atoms with van der Waals surface area (Å²) >= 11 is 12.3. The van der Waals surface area contributed by atoms with Crippen molar-refractivity contribution in [2.75, 3.05) is 4.90 Å². The van der Waals surface area contributed by atoms with Gasteiger partial charge < -0.3 is 4.42 Å². The van der Waals surface area contributed by atoms with Gasteiger partial charge in [0.2, 0.25) is 11.7 Å². The molecule has 5 rings (SSSR count). The van der Waals surface area contributed by atoms with Crippen LogP contribution in [-0.2, 0) is 0 Å². The van der Waals surface area contributed by atoms with Gasteiger partial charge in [-0.15, -0.1) is 0 Å². The van der Waals surface area contributed by atoms with E-state index in [9.17, 15) is 9.59 Å². The SMILES string of the molecule is Cc1cc2oc3c(c(=O)c2cc1C)C(c1ccc(Cl)c(Cl)c1)N(c1ncccn1)C3=O. The maximum absolute atomic E-state index is 13.6. The molecule has 1 aliphatic rings. The molecule has 154 valence electrons. The highest BCUT2D eigenvalue weighted by Crippen LogP contribution is 2.41. The Bertz CT molecular complexity index is 1430. The molecular formula is C23H15Cl2N3O3. The normalized spacial score (nSPS) is 15.5. The van der Waals surface area contributed by atoms with E-state index in [2.05, 4.69) is 9.97 Å². The minimum Gasteiger partial charge on any atom is -0.450 e. The van der Waals surface area contributed by atoms with Crippen LogP contribution in [-0.4, -0.2) is 15.9 Å². The minimum atomic E-state index is -0.804. The molecule has 2 aromatic carbocycles. The Kier molecular flexibility index (Phi) is 4.57. The second kappa shape index (κ2) is 7.18. The Morgan fingerprint density at radius 1 is 0.968 bits per heavy atom. The predicted octanol–water partition coefficient (Wildman–Crippen LogP) is 5.26. The van der Waals surface area contributed by atoms with E-state index < -0.39 is 11.9 Å². The van der Waals surface area contributed by atoms with Crippen molar-refractivity contribution in [1.82, 2.24) is 9.97 Å². The fraction of sp³-hybridized carbons (Fsp3) is 0.130. The Morgan fingerprint density at radius 3 is 2.39 bits per heavy atom. The molecule has 6 nitrogen and oxygen atoms in total. The van der Waals surface area contributed by atoms with Crippen molar-refractivity contribution < 1.29 is 9.21 Å². The Balaban J connectivity index is 1.84. The first-order valence-electron chi connectivity index (χ1n) is 9.50. The van der Waals surface area contributed by atoms with Crippen LogP contribution >= 0.6 is 23.2 Å². The molecule has 0 bridgehead atoms. The molecule has 0 saturated carbocycles. The lowest BCUT2D eigenvalue weighted by atomic mass is 9.97. The van der Waals surface area contributed by atoms with Crippen LogP contribution in [0.3, 0.4) is 0 Å². The van der Waals surface area contributed by atoms with E-state index in [1.807, 2.05) is 13.8 Å². The third-order valence-corrected chi connectivity index (χ3v) is 6.25. The summed E-state index contributed by atoms with van der Waals surface area (Å²) in [6.45, 7) is 3.85. The molecule has 0 radical (unpaired) electrons. The summed E-state index contributed by atoms with van der Waals surface area (Å²) in [5.41, 5.74) is 2.84. The van der Waals surface area contributed by atoms with Gasteiger partial charge in [-0.1, -0.05) is 29.3 Å². The number of carbonyl (C=O) groups excluding carboxylic acids is 1. The largest absolute Gasteiger partial charge is 0.450 e. The number of anilines is 1. The van der Waals surface area contributed by atoms with Crippen molar-refractivity contribution in [2.45, 2.75) is 19.9 Å². The molecule has 1 amide bonds. The van der Waals surface area contributed by atoms with Gasteiger partial charge in [-0.25, -0.2) is 9.97 Å². The summed E-state index contributed by atoms with van der Waals surface area (Å²) in [6.07, 6.45) is 3.06. The highest BCUT2D eigenvalue weighted by molar-refractivity contribution is 6.42. The number of fused-ring (bicyclic) bond motifs is 2.